The number of esters is 3. The monoisotopic (exact) mass is 506 g/mol. The molecule has 11 heteroatoms. The van der Waals surface area contributed by atoms with E-state index in [0.29, 0.717) is 12.8 Å². The van der Waals surface area contributed by atoms with Crippen molar-refractivity contribution in [1.82, 2.24) is 5.32 Å². The number of unbranched alkanes of at least 4 members (excludes halogenated alkanes) is 2. The summed E-state index contributed by atoms with van der Waals surface area (Å²) in [7, 11) is 0. The van der Waals surface area contributed by atoms with Crippen LogP contribution in [-0.4, -0.2) is 59.7 Å². The Labute approximate surface area is 209 Å². The van der Waals surface area contributed by atoms with Crippen molar-refractivity contribution in [2.75, 3.05) is 11.9 Å². The summed E-state index contributed by atoms with van der Waals surface area (Å²) < 4.78 is 16.3. The summed E-state index contributed by atoms with van der Waals surface area (Å²) in [5.41, 5.74) is -0.193. The second-order valence-corrected chi connectivity index (χ2v) is 8.59. The first-order valence-corrected chi connectivity index (χ1v) is 12.1. The van der Waals surface area contributed by atoms with Crippen LogP contribution in [0.1, 0.15) is 70.2 Å². The fourth-order valence-electron chi connectivity index (χ4n) is 3.75. The van der Waals surface area contributed by atoms with Gasteiger partial charge in [-0.05, 0) is 25.5 Å². The lowest BCUT2D eigenvalue weighted by atomic mass is 9.95. The molecule has 0 saturated carbocycles. The van der Waals surface area contributed by atoms with Crippen molar-refractivity contribution < 1.29 is 43.3 Å². The van der Waals surface area contributed by atoms with Crippen LogP contribution in [-0.2, 0) is 33.4 Å². The number of phenolic OH excluding ortho intramolecular Hbond substituents is 1. The first kappa shape index (κ1) is 28.6. The van der Waals surface area contributed by atoms with Gasteiger partial charge in [0.05, 0.1) is 17.2 Å². The Morgan fingerprint density at radius 3 is 2.50 bits per heavy atom. The molecule has 1 aliphatic rings. The Morgan fingerprint density at radius 1 is 1.14 bits per heavy atom. The second kappa shape index (κ2) is 13.5. The molecule has 4 atom stereocenters. The summed E-state index contributed by atoms with van der Waals surface area (Å²) in [6.07, 6.45) is 0.763. The molecular weight excluding hydrogens is 472 g/mol. The Balaban J connectivity index is 2.27. The minimum atomic E-state index is -1.40. The zero-order valence-electron chi connectivity index (χ0n) is 21.0. The number of carbonyl (C=O) groups is 5. The van der Waals surface area contributed by atoms with E-state index in [-0.39, 0.29) is 24.3 Å². The molecule has 1 aliphatic heterocycles. The fourth-order valence-corrected chi connectivity index (χ4v) is 3.75. The average molecular weight is 507 g/mol. The zero-order chi connectivity index (χ0) is 26.8. The summed E-state index contributed by atoms with van der Waals surface area (Å²) in [6.45, 7) is 5.92. The molecule has 0 unspecified atom stereocenters. The molecule has 1 fully saturated rings. The third kappa shape index (κ3) is 7.69. The van der Waals surface area contributed by atoms with Crippen LogP contribution < -0.4 is 10.6 Å². The summed E-state index contributed by atoms with van der Waals surface area (Å²) in [4.78, 5) is 62.1. The molecule has 1 saturated heterocycles. The highest BCUT2D eigenvalue weighted by Gasteiger charge is 2.40. The number of aromatic hydroxyl groups is 1. The summed E-state index contributed by atoms with van der Waals surface area (Å²) in [5, 5.41) is 15.2. The molecule has 2 rings (SSSR count). The molecule has 36 heavy (non-hydrogen) atoms. The SMILES string of the molecule is CCCCC[C@H]1C(=O)O[C@H](C)[C@H](NC(=O)c2cccc(NC(C)=O)c2O)C(=O)OC[C@@H]1OC(=O)CC. The lowest BCUT2D eigenvalue weighted by Crippen LogP contribution is -2.49. The Hall–Kier alpha value is -3.63. The number of cyclic esters (lactones) is 2. The first-order chi connectivity index (χ1) is 17.1. The summed E-state index contributed by atoms with van der Waals surface area (Å²) in [5.74, 6) is -4.74. The van der Waals surface area contributed by atoms with Crippen LogP contribution in [0, 0.1) is 5.92 Å². The van der Waals surface area contributed by atoms with Gasteiger partial charge in [-0.25, -0.2) is 4.79 Å². The van der Waals surface area contributed by atoms with Gasteiger partial charge in [0.2, 0.25) is 5.91 Å². The molecule has 1 heterocycles. The van der Waals surface area contributed by atoms with E-state index in [1.807, 2.05) is 6.92 Å². The normalized spacial score (nSPS) is 22.2. The van der Waals surface area contributed by atoms with Crippen molar-refractivity contribution in [2.24, 2.45) is 5.92 Å². The number of nitrogens with one attached hydrogen (secondary N) is 2. The van der Waals surface area contributed by atoms with Crippen LogP contribution in [0.3, 0.4) is 0 Å². The number of hydrogen-bond donors (Lipinski definition) is 3. The van der Waals surface area contributed by atoms with Gasteiger partial charge in [0.25, 0.3) is 5.91 Å². The third-order valence-corrected chi connectivity index (χ3v) is 5.73. The maximum absolute atomic E-state index is 13.0. The maximum atomic E-state index is 13.0. The van der Waals surface area contributed by atoms with Gasteiger partial charge in [-0.15, -0.1) is 0 Å². The van der Waals surface area contributed by atoms with Crippen LogP contribution in [0.2, 0.25) is 0 Å². The van der Waals surface area contributed by atoms with Crippen molar-refractivity contribution >= 4 is 35.4 Å². The van der Waals surface area contributed by atoms with Crippen LogP contribution in [0.15, 0.2) is 18.2 Å². The quantitative estimate of drug-likeness (QED) is 0.198. The third-order valence-electron chi connectivity index (χ3n) is 5.73. The molecule has 0 spiro atoms. The number of rotatable bonds is 9. The van der Waals surface area contributed by atoms with Crippen LogP contribution in [0.4, 0.5) is 5.69 Å². The molecule has 0 bridgehead atoms. The fraction of sp³-hybridized carbons (Fsp3) is 0.560. The average Bonchev–Trinajstić information content (AvgIpc) is 2.86. The highest BCUT2D eigenvalue weighted by atomic mass is 16.6. The smallest absolute Gasteiger partial charge is 0.332 e. The molecule has 0 aromatic heterocycles. The highest BCUT2D eigenvalue weighted by Crippen LogP contribution is 2.28. The molecule has 3 N–H and O–H groups in total. The number of hydrogen-bond acceptors (Lipinski definition) is 9. The number of phenols is 1. The van der Waals surface area contributed by atoms with Gasteiger partial charge >= 0.3 is 17.9 Å². The largest absolute Gasteiger partial charge is 0.505 e. The minimum Gasteiger partial charge on any atom is -0.505 e. The summed E-state index contributed by atoms with van der Waals surface area (Å²) in [6, 6.07) is 2.75. The second-order valence-electron chi connectivity index (χ2n) is 8.59. The molecule has 1 aromatic carbocycles. The highest BCUT2D eigenvalue weighted by molar-refractivity contribution is 6.02. The van der Waals surface area contributed by atoms with E-state index in [1.165, 1.54) is 32.0 Å². The number of benzene rings is 1. The van der Waals surface area contributed by atoms with Gasteiger partial charge in [-0.3, -0.25) is 19.2 Å². The standard InChI is InChI=1S/C25H34N2O9/c1-5-7-8-10-16-19(36-20(29)6-2)13-34-25(33)21(14(3)35-24(16)32)27-23(31)17-11-9-12-18(22(17)30)26-15(4)28/h9,11-12,14,16,19,21,30H,5-8,10,13H2,1-4H3,(H,26,28)(H,27,31)/t14-,16-,19+,21+/m1/s1. The number of ether oxygens (including phenoxy) is 3. The van der Waals surface area contributed by atoms with E-state index < -0.39 is 59.6 Å². The summed E-state index contributed by atoms with van der Waals surface area (Å²) >= 11 is 0. The lowest BCUT2D eigenvalue weighted by Gasteiger charge is -2.25. The topological polar surface area (TPSA) is 157 Å². The van der Waals surface area contributed by atoms with Crippen LogP contribution >= 0.6 is 0 Å². The molecule has 11 nitrogen and oxygen atoms in total. The van der Waals surface area contributed by atoms with Crippen molar-refractivity contribution in [3.05, 3.63) is 23.8 Å². The molecular formula is C25H34N2O9. The molecule has 2 amide bonds. The Morgan fingerprint density at radius 2 is 1.86 bits per heavy atom. The minimum absolute atomic E-state index is 0.0159. The Bertz CT molecular complexity index is 978. The van der Waals surface area contributed by atoms with Crippen molar-refractivity contribution in [3.63, 3.8) is 0 Å². The van der Waals surface area contributed by atoms with E-state index >= 15 is 0 Å². The predicted octanol–water partition coefficient (Wildman–Crippen LogP) is 2.46. The van der Waals surface area contributed by atoms with E-state index in [0.717, 1.165) is 12.8 Å². The first-order valence-electron chi connectivity index (χ1n) is 12.1. The number of amides is 2. The van der Waals surface area contributed by atoms with Crippen LogP contribution in [0.25, 0.3) is 0 Å². The van der Waals surface area contributed by atoms with Gasteiger partial charge in [-0.2, -0.15) is 0 Å². The van der Waals surface area contributed by atoms with Gasteiger partial charge in [0.1, 0.15) is 18.8 Å². The molecule has 0 radical (unpaired) electrons. The van der Waals surface area contributed by atoms with Crippen molar-refractivity contribution in [3.8, 4) is 5.75 Å². The predicted molar refractivity (Wildman–Crippen MR) is 128 cm³/mol. The lowest BCUT2D eigenvalue weighted by molar-refractivity contribution is -0.167. The van der Waals surface area contributed by atoms with Crippen LogP contribution in [0.5, 0.6) is 5.75 Å². The van der Waals surface area contributed by atoms with E-state index in [9.17, 15) is 29.1 Å². The maximum Gasteiger partial charge on any atom is 0.332 e. The van der Waals surface area contributed by atoms with Gasteiger partial charge in [0.15, 0.2) is 11.8 Å². The molecule has 0 aliphatic carbocycles. The Kier molecular flexibility index (Phi) is 10.7. The van der Waals surface area contributed by atoms with Crippen molar-refractivity contribution in [1.29, 1.82) is 0 Å². The molecule has 1 aromatic rings. The number of para-hydroxylation sites is 1. The zero-order valence-corrected chi connectivity index (χ0v) is 21.0. The van der Waals surface area contributed by atoms with Crippen molar-refractivity contribution in [2.45, 2.75) is 78.0 Å². The molecule has 198 valence electrons. The van der Waals surface area contributed by atoms with Gasteiger partial charge in [-0.1, -0.05) is 39.2 Å². The van der Waals surface area contributed by atoms with Gasteiger partial charge < -0.3 is 30.0 Å². The van der Waals surface area contributed by atoms with E-state index in [1.54, 1.807) is 6.92 Å². The van der Waals surface area contributed by atoms with E-state index in [4.69, 9.17) is 14.2 Å². The number of carbonyl (C=O) groups excluding carboxylic acids is 5. The number of anilines is 1. The van der Waals surface area contributed by atoms with Gasteiger partial charge in [0, 0.05) is 13.3 Å². The van der Waals surface area contributed by atoms with E-state index in [2.05, 4.69) is 10.6 Å².